The summed E-state index contributed by atoms with van der Waals surface area (Å²) < 4.78 is 35.3. The van der Waals surface area contributed by atoms with Crippen LogP contribution in [0.4, 0.5) is 0 Å². The van der Waals surface area contributed by atoms with Gasteiger partial charge in [0.1, 0.15) is 0 Å². The molecule has 1 aromatic carbocycles. The summed E-state index contributed by atoms with van der Waals surface area (Å²) in [6.45, 7) is 1.06. The Morgan fingerprint density at radius 2 is 1.96 bits per heavy atom. The molecule has 1 heterocycles. The minimum atomic E-state index is -3.59. The SMILES string of the molecule is COc1ccc(S(=O)(=O)CCC(=O)N2CCCC[C@@H]2CN)cc1OC. The van der Waals surface area contributed by atoms with E-state index >= 15 is 0 Å². The van der Waals surface area contributed by atoms with E-state index in [4.69, 9.17) is 15.2 Å². The van der Waals surface area contributed by atoms with Gasteiger partial charge in [-0.2, -0.15) is 0 Å². The number of carbonyl (C=O) groups excluding carboxylic acids is 1. The number of carbonyl (C=O) groups is 1. The van der Waals surface area contributed by atoms with Crippen molar-refractivity contribution in [3.8, 4) is 11.5 Å². The number of methoxy groups -OCH3 is 2. The van der Waals surface area contributed by atoms with Gasteiger partial charge in [-0.15, -0.1) is 0 Å². The number of hydrogen-bond acceptors (Lipinski definition) is 6. The van der Waals surface area contributed by atoms with Gasteiger partial charge in [-0.25, -0.2) is 8.42 Å². The molecule has 0 saturated carbocycles. The van der Waals surface area contributed by atoms with Crippen LogP contribution >= 0.6 is 0 Å². The highest BCUT2D eigenvalue weighted by atomic mass is 32.2. The topological polar surface area (TPSA) is 98.9 Å². The highest BCUT2D eigenvalue weighted by Gasteiger charge is 2.27. The summed E-state index contributed by atoms with van der Waals surface area (Å²) >= 11 is 0. The predicted molar refractivity (Wildman–Crippen MR) is 94.6 cm³/mol. The number of nitrogens with two attached hydrogens (primary N) is 1. The maximum atomic E-state index is 12.5. The minimum absolute atomic E-state index is 0.0186. The highest BCUT2D eigenvalue weighted by molar-refractivity contribution is 7.91. The van der Waals surface area contributed by atoms with Crippen LogP contribution in [0.5, 0.6) is 11.5 Å². The third kappa shape index (κ3) is 4.64. The van der Waals surface area contributed by atoms with E-state index in [1.54, 1.807) is 11.0 Å². The average Bonchev–Trinajstić information content (AvgIpc) is 2.65. The second-order valence-electron chi connectivity index (χ2n) is 6.06. The summed E-state index contributed by atoms with van der Waals surface area (Å²) in [5, 5.41) is 0. The normalized spacial score (nSPS) is 18.0. The van der Waals surface area contributed by atoms with E-state index in [9.17, 15) is 13.2 Å². The van der Waals surface area contributed by atoms with Crippen LogP contribution in [0.25, 0.3) is 0 Å². The second-order valence-corrected chi connectivity index (χ2v) is 8.17. The summed E-state index contributed by atoms with van der Waals surface area (Å²) in [5.41, 5.74) is 5.73. The zero-order valence-corrected chi connectivity index (χ0v) is 15.5. The van der Waals surface area contributed by atoms with E-state index in [1.807, 2.05) is 0 Å². The molecule has 1 amide bonds. The van der Waals surface area contributed by atoms with Gasteiger partial charge in [-0.3, -0.25) is 4.79 Å². The smallest absolute Gasteiger partial charge is 0.223 e. The van der Waals surface area contributed by atoms with Gasteiger partial charge in [0.15, 0.2) is 21.3 Å². The molecule has 1 fully saturated rings. The first-order valence-electron chi connectivity index (χ1n) is 8.37. The Labute approximate surface area is 149 Å². The third-order valence-electron chi connectivity index (χ3n) is 4.52. The van der Waals surface area contributed by atoms with Crippen LogP contribution in [-0.4, -0.2) is 58.3 Å². The standard InChI is InChI=1S/C17H26N2O5S/c1-23-15-7-6-14(11-16(15)24-2)25(21,22)10-8-17(20)19-9-4-3-5-13(19)12-18/h6-7,11,13H,3-5,8-10,12,18H2,1-2H3/t13-/m1/s1. The van der Waals surface area contributed by atoms with Gasteiger partial charge in [0.25, 0.3) is 0 Å². The van der Waals surface area contributed by atoms with Gasteiger partial charge in [-0.05, 0) is 31.4 Å². The lowest BCUT2D eigenvalue weighted by Crippen LogP contribution is -2.47. The van der Waals surface area contributed by atoms with Crippen LogP contribution < -0.4 is 15.2 Å². The fraction of sp³-hybridized carbons (Fsp3) is 0.588. The molecule has 0 spiro atoms. The number of sulfone groups is 1. The van der Waals surface area contributed by atoms with Gasteiger partial charge in [0.2, 0.25) is 5.91 Å². The van der Waals surface area contributed by atoms with Crippen molar-refractivity contribution in [2.75, 3.05) is 33.1 Å². The van der Waals surface area contributed by atoms with Crippen molar-refractivity contribution in [2.45, 2.75) is 36.6 Å². The Bertz CT molecular complexity index is 705. The number of ether oxygens (including phenoxy) is 2. The monoisotopic (exact) mass is 370 g/mol. The van der Waals surface area contributed by atoms with E-state index < -0.39 is 9.84 Å². The zero-order chi connectivity index (χ0) is 18.4. The minimum Gasteiger partial charge on any atom is -0.493 e. The van der Waals surface area contributed by atoms with Gasteiger partial charge in [0.05, 0.1) is 24.9 Å². The lowest BCUT2D eigenvalue weighted by atomic mass is 10.0. The van der Waals surface area contributed by atoms with E-state index in [2.05, 4.69) is 0 Å². The molecule has 140 valence electrons. The van der Waals surface area contributed by atoms with Crippen molar-refractivity contribution in [3.63, 3.8) is 0 Å². The van der Waals surface area contributed by atoms with Crippen LogP contribution in [0, 0.1) is 0 Å². The average molecular weight is 370 g/mol. The Morgan fingerprint density at radius 3 is 2.60 bits per heavy atom. The largest absolute Gasteiger partial charge is 0.493 e. The van der Waals surface area contributed by atoms with E-state index in [0.717, 1.165) is 19.3 Å². The number of piperidine rings is 1. The van der Waals surface area contributed by atoms with Crippen molar-refractivity contribution in [1.82, 2.24) is 4.90 Å². The van der Waals surface area contributed by atoms with Gasteiger partial charge in [0, 0.05) is 31.6 Å². The van der Waals surface area contributed by atoms with Crippen LogP contribution in [0.2, 0.25) is 0 Å². The molecule has 7 nitrogen and oxygen atoms in total. The van der Waals surface area contributed by atoms with Crippen molar-refractivity contribution >= 4 is 15.7 Å². The van der Waals surface area contributed by atoms with E-state index in [0.29, 0.717) is 24.6 Å². The third-order valence-corrected chi connectivity index (χ3v) is 6.23. The molecule has 8 heteroatoms. The number of rotatable bonds is 7. The van der Waals surface area contributed by atoms with Crippen molar-refractivity contribution in [3.05, 3.63) is 18.2 Å². The molecular weight excluding hydrogens is 344 g/mol. The second kappa shape index (κ2) is 8.53. The zero-order valence-electron chi connectivity index (χ0n) is 14.7. The van der Waals surface area contributed by atoms with Gasteiger partial charge in [-0.1, -0.05) is 0 Å². The Hall–Kier alpha value is -1.80. The maximum Gasteiger partial charge on any atom is 0.223 e. The predicted octanol–water partition coefficient (Wildman–Crippen LogP) is 1.21. The van der Waals surface area contributed by atoms with Crippen molar-refractivity contribution in [1.29, 1.82) is 0 Å². The van der Waals surface area contributed by atoms with Crippen molar-refractivity contribution < 1.29 is 22.7 Å². The first-order valence-corrected chi connectivity index (χ1v) is 10.0. The Balaban J connectivity index is 2.07. The fourth-order valence-electron chi connectivity index (χ4n) is 3.07. The molecular formula is C17H26N2O5S. The molecule has 0 bridgehead atoms. The number of hydrogen-bond donors (Lipinski definition) is 1. The number of amides is 1. The van der Waals surface area contributed by atoms with Gasteiger partial charge >= 0.3 is 0 Å². The first kappa shape index (κ1) is 19.5. The van der Waals surface area contributed by atoms with Crippen LogP contribution in [0.15, 0.2) is 23.1 Å². The van der Waals surface area contributed by atoms with Gasteiger partial charge < -0.3 is 20.1 Å². The van der Waals surface area contributed by atoms with Crippen LogP contribution in [0.1, 0.15) is 25.7 Å². The molecule has 0 unspecified atom stereocenters. The fourth-order valence-corrected chi connectivity index (χ4v) is 4.31. The molecule has 1 aromatic rings. The van der Waals surface area contributed by atoms with E-state index in [1.165, 1.54) is 26.4 Å². The summed E-state index contributed by atoms with van der Waals surface area (Å²) in [6, 6.07) is 4.44. The number of likely N-dealkylation sites (tertiary alicyclic amines) is 1. The Kier molecular flexibility index (Phi) is 6.66. The summed E-state index contributed by atoms with van der Waals surface area (Å²) in [7, 11) is -0.661. The maximum absolute atomic E-state index is 12.5. The number of nitrogens with zero attached hydrogens (tertiary/aromatic N) is 1. The van der Waals surface area contributed by atoms with Crippen molar-refractivity contribution in [2.24, 2.45) is 5.73 Å². The Morgan fingerprint density at radius 1 is 1.24 bits per heavy atom. The molecule has 1 aliphatic heterocycles. The molecule has 25 heavy (non-hydrogen) atoms. The van der Waals surface area contributed by atoms with Crippen LogP contribution in [-0.2, 0) is 14.6 Å². The summed E-state index contributed by atoms with van der Waals surface area (Å²) in [6.07, 6.45) is 2.82. The quantitative estimate of drug-likeness (QED) is 0.774. The molecule has 1 atom stereocenters. The summed E-state index contributed by atoms with van der Waals surface area (Å²) in [4.78, 5) is 14.3. The lowest BCUT2D eigenvalue weighted by molar-refractivity contribution is -0.134. The van der Waals surface area contributed by atoms with E-state index in [-0.39, 0.29) is 29.0 Å². The molecule has 1 aliphatic rings. The molecule has 0 aliphatic carbocycles. The molecule has 1 saturated heterocycles. The molecule has 0 aromatic heterocycles. The summed E-state index contributed by atoms with van der Waals surface area (Å²) in [5.74, 6) is 0.403. The van der Waals surface area contributed by atoms with Crippen LogP contribution in [0.3, 0.4) is 0 Å². The lowest BCUT2D eigenvalue weighted by Gasteiger charge is -2.35. The first-order chi connectivity index (χ1) is 11.9. The molecule has 2 rings (SSSR count). The molecule has 0 radical (unpaired) electrons. The highest BCUT2D eigenvalue weighted by Crippen LogP contribution is 2.30. The number of benzene rings is 1. The molecule has 2 N–H and O–H groups in total.